The average molecular weight is 194 g/mol. The fourth-order valence-corrected chi connectivity index (χ4v) is 2.07. The Balaban J connectivity index is 2.16. The number of nitrogens with one attached hydrogen (secondary N) is 1. The van der Waals surface area contributed by atoms with E-state index < -0.39 is 0 Å². The van der Waals surface area contributed by atoms with Crippen molar-refractivity contribution in [3.8, 4) is 0 Å². The lowest BCUT2D eigenvalue weighted by Gasteiger charge is -2.16. The minimum absolute atomic E-state index is 0.300. The van der Waals surface area contributed by atoms with Crippen LogP contribution in [-0.4, -0.2) is 20.8 Å². The molecular weight excluding hydrogens is 176 g/mol. The van der Waals surface area contributed by atoms with Gasteiger partial charge in [0.1, 0.15) is 11.6 Å². The molecule has 0 fully saturated rings. The molecule has 0 bridgehead atoms. The highest BCUT2D eigenvalue weighted by Crippen LogP contribution is 2.18. The van der Waals surface area contributed by atoms with Gasteiger partial charge in [-0.05, 0) is 13.3 Å². The zero-order valence-electron chi connectivity index (χ0n) is 9.12. The van der Waals surface area contributed by atoms with Crippen molar-refractivity contribution in [1.82, 2.24) is 20.1 Å². The minimum Gasteiger partial charge on any atom is -0.314 e. The molecule has 78 valence electrons. The SMILES string of the molecule is CC(C)NC(C)c1nnc2n1CCC2. The van der Waals surface area contributed by atoms with Crippen LogP contribution in [0.2, 0.25) is 0 Å². The van der Waals surface area contributed by atoms with Gasteiger partial charge in [-0.15, -0.1) is 10.2 Å². The molecule has 0 aliphatic carbocycles. The van der Waals surface area contributed by atoms with E-state index in [1.807, 2.05) is 0 Å². The maximum Gasteiger partial charge on any atom is 0.149 e. The lowest BCUT2D eigenvalue weighted by molar-refractivity contribution is 0.469. The van der Waals surface area contributed by atoms with Crippen LogP contribution in [-0.2, 0) is 13.0 Å². The molecule has 1 aromatic rings. The Bertz CT molecular complexity index is 316. The summed E-state index contributed by atoms with van der Waals surface area (Å²) in [5.74, 6) is 2.24. The Hall–Kier alpha value is -0.900. The van der Waals surface area contributed by atoms with E-state index in [1.54, 1.807) is 0 Å². The van der Waals surface area contributed by atoms with Crippen LogP contribution in [0, 0.1) is 0 Å². The van der Waals surface area contributed by atoms with Crippen LogP contribution < -0.4 is 5.32 Å². The minimum atomic E-state index is 0.300. The van der Waals surface area contributed by atoms with E-state index in [9.17, 15) is 0 Å². The molecule has 1 unspecified atom stereocenters. The van der Waals surface area contributed by atoms with Gasteiger partial charge in [0.25, 0.3) is 0 Å². The Morgan fingerprint density at radius 2 is 2.07 bits per heavy atom. The van der Waals surface area contributed by atoms with Crippen LogP contribution in [0.1, 0.15) is 44.9 Å². The molecule has 0 saturated carbocycles. The van der Waals surface area contributed by atoms with Crippen molar-refractivity contribution in [3.63, 3.8) is 0 Å². The molecule has 0 saturated heterocycles. The van der Waals surface area contributed by atoms with Gasteiger partial charge in [0, 0.05) is 19.0 Å². The van der Waals surface area contributed by atoms with E-state index in [-0.39, 0.29) is 0 Å². The normalized spacial score (nSPS) is 17.4. The maximum atomic E-state index is 4.24. The Morgan fingerprint density at radius 3 is 2.79 bits per heavy atom. The summed E-state index contributed by atoms with van der Waals surface area (Å²) in [5.41, 5.74) is 0. The lowest BCUT2D eigenvalue weighted by Crippen LogP contribution is -2.28. The highest BCUT2D eigenvalue weighted by Gasteiger charge is 2.21. The van der Waals surface area contributed by atoms with Crippen molar-refractivity contribution in [1.29, 1.82) is 0 Å². The number of hydrogen-bond donors (Lipinski definition) is 1. The topological polar surface area (TPSA) is 42.7 Å². The summed E-state index contributed by atoms with van der Waals surface area (Å²) >= 11 is 0. The van der Waals surface area contributed by atoms with Crippen LogP contribution in [0.3, 0.4) is 0 Å². The van der Waals surface area contributed by atoms with Crippen LogP contribution in [0.25, 0.3) is 0 Å². The first kappa shape index (κ1) is 9.65. The van der Waals surface area contributed by atoms with Gasteiger partial charge in [-0.2, -0.15) is 0 Å². The second-order valence-corrected chi connectivity index (χ2v) is 4.27. The summed E-state index contributed by atoms with van der Waals surface area (Å²) in [6.07, 6.45) is 2.30. The van der Waals surface area contributed by atoms with E-state index in [4.69, 9.17) is 0 Å². The van der Waals surface area contributed by atoms with E-state index in [2.05, 4.69) is 40.9 Å². The largest absolute Gasteiger partial charge is 0.314 e. The quantitative estimate of drug-likeness (QED) is 0.788. The van der Waals surface area contributed by atoms with Gasteiger partial charge in [0.15, 0.2) is 0 Å². The standard InChI is InChI=1S/C10H18N4/c1-7(2)11-8(3)10-13-12-9-5-4-6-14(9)10/h7-8,11H,4-6H2,1-3H3. The lowest BCUT2D eigenvalue weighted by atomic mass is 10.2. The number of rotatable bonds is 3. The van der Waals surface area contributed by atoms with Gasteiger partial charge >= 0.3 is 0 Å². The van der Waals surface area contributed by atoms with Gasteiger partial charge < -0.3 is 9.88 Å². The fourth-order valence-electron chi connectivity index (χ4n) is 2.07. The molecule has 2 heterocycles. The molecule has 14 heavy (non-hydrogen) atoms. The third-order valence-electron chi connectivity index (χ3n) is 2.61. The van der Waals surface area contributed by atoms with Crippen LogP contribution in [0.5, 0.6) is 0 Å². The molecule has 0 spiro atoms. The van der Waals surface area contributed by atoms with Crippen molar-refractivity contribution in [3.05, 3.63) is 11.6 Å². The zero-order chi connectivity index (χ0) is 10.1. The molecule has 0 aromatic carbocycles. The van der Waals surface area contributed by atoms with Crippen molar-refractivity contribution >= 4 is 0 Å². The summed E-state index contributed by atoms with van der Waals surface area (Å²) in [5, 5.41) is 11.9. The van der Waals surface area contributed by atoms with E-state index in [0.29, 0.717) is 12.1 Å². The first-order chi connectivity index (χ1) is 6.68. The third kappa shape index (κ3) is 1.66. The molecule has 4 nitrogen and oxygen atoms in total. The Labute approximate surface area is 84.7 Å². The predicted molar refractivity (Wildman–Crippen MR) is 55.0 cm³/mol. The Morgan fingerprint density at radius 1 is 1.29 bits per heavy atom. The molecule has 1 N–H and O–H groups in total. The predicted octanol–water partition coefficient (Wildman–Crippen LogP) is 1.28. The second kappa shape index (κ2) is 3.69. The van der Waals surface area contributed by atoms with Gasteiger partial charge in [-0.25, -0.2) is 0 Å². The second-order valence-electron chi connectivity index (χ2n) is 4.27. The highest BCUT2D eigenvalue weighted by molar-refractivity contribution is 5.04. The molecule has 1 aliphatic heterocycles. The molecule has 1 atom stereocenters. The number of nitrogens with zero attached hydrogens (tertiary/aromatic N) is 3. The van der Waals surface area contributed by atoms with Crippen molar-refractivity contribution in [2.24, 2.45) is 0 Å². The highest BCUT2D eigenvalue weighted by atomic mass is 15.3. The van der Waals surface area contributed by atoms with Crippen molar-refractivity contribution in [2.45, 2.75) is 52.2 Å². The van der Waals surface area contributed by atoms with Crippen LogP contribution in [0.4, 0.5) is 0 Å². The van der Waals surface area contributed by atoms with Gasteiger partial charge in [0.05, 0.1) is 6.04 Å². The van der Waals surface area contributed by atoms with E-state index in [0.717, 1.165) is 24.6 Å². The molecule has 0 amide bonds. The molecule has 1 aromatic heterocycles. The average Bonchev–Trinajstić information content (AvgIpc) is 2.59. The van der Waals surface area contributed by atoms with Crippen molar-refractivity contribution in [2.75, 3.05) is 0 Å². The monoisotopic (exact) mass is 194 g/mol. The molecule has 2 rings (SSSR count). The van der Waals surface area contributed by atoms with Gasteiger partial charge in [0.2, 0.25) is 0 Å². The number of hydrogen-bond acceptors (Lipinski definition) is 3. The molecule has 1 aliphatic rings. The number of aryl methyl sites for hydroxylation is 1. The van der Waals surface area contributed by atoms with Crippen molar-refractivity contribution < 1.29 is 0 Å². The first-order valence-electron chi connectivity index (χ1n) is 5.36. The number of fused-ring (bicyclic) bond motifs is 1. The van der Waals surface area contributed by atoms with Gasteiger partial charge in [-0.1, -0.05) is 13.8 Å². The van der Waals surface area contributed by atoms with Gasteiger partial charge in [-0.3, -0.25) is 0 Å². The first-order valence-corrected chi connectivity index (χ1v) is 5.36. The van der Waals surface area contributed by atoms with E-state index >= 15 is 0 Å². The molecular formula is C10H18N4. The summed E-state index contributed by atoms with van der Waals surface area (Å²) in [4.78, 5) is 0. The van der Waals surface area contributed by atoms with Crippen LogP contribution in [0.15, 0.2) is 0 Å². The van der Waals surface area contributed by atoms with Crippen LogP contribution >= 0.6 is 0 Å². The smallest absolute Gasteiger partial charge is 0.149 e. The summed E-state index contributed by atoms with van der Waals surface area (Å²) in [6.45, 7) is 7.53. The summed E-state index contributed by atoms with van der Waals surface area (Å²) in [6, 6.07) is 0.786. The molecule has 4 heteroatoms. The van der Waals surface area contributed by atoms with E-state index in [1.165, 1.54) is 6.42 Å². The Kier molecular flexibility index (Phi) is 2.54. The summed E-state index contributed by atoms with van der Waals surface area (Å²) in [7, 11) is 0. The number of aromatic nitrogens is 3. The summed E-state index contributed by atoms with van der Waals surface area (Å²) < 4.78 is 2.25. The molecule has 0 radical (unpaired) electrons. The third-order valence-corrected chi connectivity index (χ3v) is 2.61. The maximum absolute atomic E-state index is 4.24. The zero-order valence-corrected chi connectivity index (χ0v) is 9.12. The fraction of sp³-hybridized carbons (Fsp3) is 0.800.